The van der Waals surface area contributed by atoms with Crippen molar-refractivity contribution in [1.82, 2.24) is 9.21 Å². The average Bonchev–Trinajstić information content (AvgIpc) is 2.74. The topological polar surface area (TPSA) is 62.1 Å². The molecule has 2 saturated heterocycles. The highest BCUT2D eigenvalue weighted by atomic mass is 32.2. The lowest BCUT2D eigenvalue weighted by molar-refractivity contribution is -0.896. The number of quaternary nitrogens is 1. The molecule has 1 atom stereocenters. The monoisotopic (exact) mass is 422 g/mol. The largest absolute Gasteiger partial charge is 0.335 e. The van der Waals surface area contributed by atoms with E-state index in [0.29, 0.717) is 49.6 Å². The van der Waals surface area contributed by atoms with Gasteiger partial charge in [-0.1, -0.05) is 32.9 Å². The molecule has 2 heterocycles. The molecule has 2 aliphatic heterocycles. The third kappa shape index (κ3) is 5.19. The zero-order valence-electron chi connectivity index (χ0n) is 18.1. The first-order valence-electron chi connectivity index (χ1n) is 11.1. The predicted molar refractivity (Wildman–Crippen MR) is 114 cm³/mol. The van der Waals surface area contributed by atoms with Crippen molar-refractivity contribution >= 4 is 15.9 Å². The Kier molecular flexibility index (Phi) is 7.35. The summed E-state index contributed by atoms with van der Waals surface area (Å²) in [4.78, 5) is 16.4. The normalized spacial score (nSPS) is 22.2. The Hall–Kier alpha value is -1.44. The van der Waals surface area contributed by atoms with E-state index in [1.807, 2.05) is 12.1 Å². The van der Waals surface area contributed by atoms with Crippen LogP contribution in [-0.4, -0.2) is 68.8 Å². The van der Waals surface area contributed by atoms with Gasteiger partial charge in [-0.15, -0.1) is 0 Å². The fraction of sp³-hybridized carbons (Fsp3) is 0.682. The van der Waals surface area contributed by atoms with Gasteiger partial charge in [0.1, 0.15) is 0 Å². The number of rotatable bonds is 6. The number of piperidine rings is 1. The SMILES string of the molecule is CC[C@@H]1CCCCN1C(=O)C[NH+]1CCN(S(=O)(=O)c2ccc(C(C)C)cc2)CC1. The van der Waals surface area contributed by atoms with E-state index in [1.54, 1.807) is 16.4 Å². The van der Waals surface area contributed by atoms with Gasteiger partial charge in [0.25, 0.3) is 5.91 Å². The fourth-order valence-corrected chi connectivity index (χ4v) is 5.90. The molecule has 7 heteroatoms. The van der Waals surface area contributed by atoms with E-state index in [-0.39, 0.29) is 5.91 Å². The number of carbonyl (C=O) groups is 1. The number of sulfonamides is 1. The van der Waals surface area contributed by atoms with Crippen molar-refractivity contribution in [2.75, 3.05) is 39.3 Å². The Morgan fingerprint density at radius 1 is 1.10 bits per heavy atom. The maximum atomic E-state index is 13.0. The van der Waals surface area contributed by atoms with E-state index >= 15 is 0 Å². The molecular weight excluding hydrogens is 386 g/mol. The zero-order chi connectivity index (χ0) is 21.0. The summed E-state index contributed by atoms with van der Waals surface area (Å²) in [6.45, 7) is 9.99. The maximum absolute atomic E-state index is 13.0. The Labute approximate surface area is 175 Å². The summed E-state index contributed by atoms with van der Waals surface area (Å²) in [5.41, 5.74) is 1.14. The molecule has 0 saturated carbocycles. The quantitative estimate of drug-likeness (QED) is 0.756. The van der Waals surface area contributed by atoms with Gasteiger partial charge in [0.2, 0.25) is 10.0 Å². The number of hydrogen-bond acceptors (Lipinski definition) is 3. The maximum Gasteiger partial charge on any atom is 0.278 e. The van der Waals surface area contributed by atoms with Crippen LogP contribution in [0.1, 0.15) is 57.9 Å². The average molecular weight is 423 g/mol. The van der Waals surface area contributed by atoms with Crippen molar-refractivity contribution in [3.8, 4) is 0 Å². The highest BCUT2D eigenvalue weighted by Gasteiger charge is 2.33. The second kappa shape index (κ2) is 9.58. The first kappa shape index (κ1) is 22.2. The van der Waals surface area contributed by atoms with Crippen LogP contribution in [0.25, 0.3) is 0 Å². The van der Waals surface area contributed by atoms with Crippen molar-refractivity contribution in [2.45, 2.75) is 63.3 Å². The summed E-state index contributed by atoms with van der Waals surface area (Å²) >= 11 is 0. The van der Waals surface area contributed by atoms with Gasteiger partial charge in [-0.05, 0) is 49.3 Å². The van der Waals surface area contributed by atoms with Crippen molar-refractivity contribution in [2.24, 2.45) is 0 Å². The van der Waals surface area contributed by atoms with Crippen molar-refractivity contribution in [3.05, 3.63) is 29.8 Å². The first-order chi connectivity index (χ1) is 13.8. The van der Waals surface area contributed by atoms with Gasteiger partial charge < -0.3 is 9.80 Å². The second-order valence-corrected chi connectivity index (χ2v) is 10.6. The summed E-state index contributed by atoms with van der Waals surface area (Å²) in [6.07, 6.45) is 4.44. The van der Waals surface area contributed by atoms with Gasteiger partial charge in [0, 0.05) is 12.6 Å². The number of amides is 1. The minimum Gasteiger partial charge on any atom is -0.335 e. The molecule has 6 nitrogen and oxygen atoms in total. The number of piperazine rings is 1. The summed E-state index contributed by atoms with van der Waals surface area (Å²) in [5.74, 6) is 0.607. The summed E-state index contributed by atoms with van der Waals surface area (Å²) in [5, 5.41) is 0. The van der Waals surface area contributed by atoms with E-state index in [1.165, 1.54) is 11.3 Å². The van der Waals surface area contributed by atoms with Crippen LogP contribution < -0.4 is 4.90 Å². The van der Waals surface area contributed by atoms with Crippen LogP contribution in [0.5, 0.6) is 0 Å². The molecule has 0 aliphatic carbocycles. The minimum atomic E-state index is -3.46. The molecule has 0 spiro atoms. The van der Waals surface area contributed by atoms with E-state index < -0.39 is 10.0 Å². The van der Waals surface area contributed by atoms with Crippen LogP contribution in [0.2, 0.25) is 0 Å². The highest BCUT2D eigenvalue weighted by molar-refractivity contribution is 7.89. The standard InChI is InChI=1S/C22H35N3O3S/c1-4-20-7-5-6-12-25(20)22(26)17-23-13-15-24(16-14-23)29(27,28)21-10-8-19(9-11-21)18(2)3/h8-11,18,20H,4-7,12-17H2,1-3H3/p+1/t20-/m1/s1. The summed E-state index contributed by atoms with van der Waals surface area (Å²) < 4.78 is 27.5. The van der Waals surface area contributed by atoms with Crippen LogP contribution in [0.4, 0.5) is 0 Å². The van der Waals surface area contributed by atoms with Crippen molar-refractivity contribution < 1.29 is 18.1 Å². The molecule has 2 fully saturated rings. The smallest absolute Gasteiger partial charge is 0.278 e. The summed E-state index contributed by atoms with van der Waals surface area (Å²) in [6, 6.07) is 7.62. The van der Waals surface area contributed by atoms with Crippen molar-refractivity contribution in [1.29, 1.82) is 0 Å². The van der Waals surface area contributed by atoms with Gasteiger partial charge in [0.05, 0.1) is 31.1 Å². The molecule has 162 valence electrons. The third-order valence-electron chi connectivity index (χ3n) is 6.43. The lowest BCUT2D eigenvalue weighted by atomic mass is 10.00. The fourth-order valence-electron chi connectivity index (χ4n) is 4.46. The lowest BCUT2D eigenvalue weighted by Gasteiger charge is -2.37. The van der Waals surface area contributed by atoms with E-state index in [0.717, 1.165) is 31.4 Å². The molecule has 1 aromatic carbocycles. The Morgan fingerprint density at radius 2 is 1.76 bits per heavy atom. The Bertz CT molecular complexity index is 784. The lowest BCUT2D eigenvalue weighted by Crippen LogP contribution is -3.15. The summed E-state index contributed by atoms with van der Waals surface area (Å²) in [7, 11) is -3.46. The molecule has 2 aliphatic rings. The molecular formula is C22H36N3O3S+. The van der Waals surface area contributed by atoms with Gasteiger partial charge in [-0.3, -0.25) is 4.79 Å². The Balaban J connectivity index is 1.56. The molecule has 29 heavy (non-hydrogen) atoms. The van der Waals surface area contributed by atoms with Crippen LogP contribution in [0, 0.1) is 0 Å². The van der Waals surface area contributed by atoms with Gasteiger partial charge in [0.15, 0.2) is 6.54 Å². The highest BCUT2D eigenvalue weighted by Crippen LogP contribution is 2.21. The molecule has 0 radical (unpaired) electrons. The number of likely N-dealkylation sites (tertiary alicyclic amines) is 1. The number of nitrogens with zero attached hydrogens (tertiary/aromatic N) is 2. The minimum absolute atomic E-state index is 0.229. The molecule has 0 bridgehead atoms. The second-order valence-electron chi connectivity index (χ2n) is 8.70. The van der Waals surface area contributed by atoms with Crippen molar-refractivity contribution in [3.63, 3.8) is 0 Å². The zero-order valence-corrected chi connectivity index (χ0v) is 18.9. The molecule has 3 rings (SSSR count). The van der Waals surface area contributed by atoms with Crippen LogP contribution in [-0.2, 0) is 14.8 Å². The predicted octanol–water partition coefficient (Wildman–Crippen LogP) is 1.49. The molecule has 0 aromatic heterocycles. The molecule has 1 aromatic rings. The molecule has 1 amide bonds. The Morgan fingerprint density at radius 3 is 2.34 bits per heavy atom. The van der Waals surface area contributed by atoms with E-state index in [9.17, 15) is 13.2 Å². The van der Waals surface area contributed by atoms with Crippen LogP contribution in [0.15, 0.2) is 29.2 Å². The molecule has 1 N–H and O–H groups in total. The first-order valence-corrected chi connectivity index (χ1v) is 12.5. The van der Waals surface area contributed by atoms with E-state index in [4.69, 9.17) is 0 Å². The molecule has 0 unspecified atom stereocenters. The van der Waals surface area contributed by atoms with Crippen LogP contribution >= 0.6 is 0 Å². The van der Waals surface area contributed by atoms with Gasteiger partial charge >= 0.3 is 0 Å². The third-order valence-corrected chi connectivity index (χ3v) is 8.35. The number of benzene rings is 1. The van der Waals surface area contributed by atoms with Crippen LogP contribution in [0.3, 0.4) is 0 Å². The van der Waals surface area contributed by atoms with E-state index in [2.05, 4.69) is 25.7 Å². The number of nitrogens with one attached hydrogen (secondary N) is 1. The number of carbonyl (C=O) groups excluding carboxylic acids is 1. The van der Waals surface area contributed by atoms with Gasteiger partial charge in [-0.25, -0.2) is 8.42 Å². The number of hydrogen-bond donors (Lipinski definition) is 1. The van der Waals surface area contributed by atoms with Gasteiger partial charge in [-0.2, -0.15) is 4.31 Å².